The van der Waals surface area contributed by atoms with Crippen LogP contribution < -0.4 is 4.74 Å². The minimum absolute atomic E-state index is 0.0495. The topological polar surface area (TPSA) is 124 Å². The third-order valence-electron chi connectivity index (χ3n) is 5.51. The van der Waals surface area contributed by atoms with Gasteiger partial charge in [0.25, 0.3) is 0 Å². The van der Waals surface area contributed by atoms with Crippen molar-refractivity contribution in [3.8, 4) is 23.0 Å². The minimum atomic E-state index is -0.816. The van der Waals surface area contributed by atoms with E-state index in [1.807, 2.05) is 6.92 Å². The average Bonchev–Trinajstić information content (AvgIpc) is 2.71. The maximum atomic E-state index is 12.4. The maximum Gasteiger partial charge on any atom is 0.314 e. The van der Waals surface area contributed by atoms with Crippen LogP contribution in [0.5, 0.6) is 23.0 Å². The van der Waals surface area contributed by atoms with Gasteiger partial charge >= 0.3 is 11.9 Å². The normalized spacial score (nSPS) is 12.1. The predicted octanol–water partition coefficient (Wildman–Crippen LogP) is 4.79. The summed E-state index contributed by atoms with van der Waals surface area (Å²) >= 11 is 0. The quantitative estimate of drug-likeness (QED) is 0.189. The Labute approximate surface area is 175 Å². The van der Waals surface area contributed by atoms with Crippen molar-refractivity contribution < 1.29 is 34.8 Å². The van der Waals surface area contributed by atoms with Crippen LogP contribution in [0.3, 0.4) is 0 Å². The summed E-state index contributed by atoms with van der Waals surface area (Å²) in [7, 11) is 0. The fourth-order valence-electron chi connectivity index (χ4n) is 3.44. The van der Waals surface area contributed by atoms with Gasteiger partial charge < -0.3 is 25.2 Å². The highest BCUT2D eigenvalue weighted by molar-refractivity contribution is 6.03. The maximum absolute atomic E-state index is 12.4. The Morgan fingerprint density at radius 2 is 1.67 bits per heavy atom. The van der Waals surface area contributed by atoms with E-state index >= 15 is 0 Å². The van der Waals surface area contributed by atoms with Crippen molar-refractivity contribution in [2.24, 2.45) is 5.92 Å². The number of esters is 1. The Morgan fingerprint density at radius 1 is 1.00 bits per heavy atom. The summed E-state index contributed by atoms with van der Waals surface area (Å²) in [5, 5.41) is 40.3. The average molecular weight is 418 g/mol. The number of ether oxygens (including phenoxy) is 1. The zero-order valence-electron chi connectivity index (χ0n) is 17.7. The second-order valence-corrected chi connectivity index (χ2v) is 7.67. The van der Waals surface area contributed by atoms with Gasteiger partial charge in [0.1, 0.15) is 11.5 Å². The van der Waals surface area contributed by atoms with E-state index in [1.54, 1.807) is 13.8 Å². The molecule has 0 saturated heterocycles. The molecule has 0 radical (unpaired) electrons. The molecule has 164 valence electrons. The molecule has 2 aromatic rings. The lowest BCUT2D eigenvalue weighted by molar-refractivity contribution is -0.138. The van der Waals surface area contributed by atoms with Gasteiger partial charge in [0, 0.05) is 11.8 Å². The number of fused-ring (bicyclic) bond motifs is 1. The molecular formula is C23H30O7. The number of carboxylic acid groups (broad SMARTS) is 1. The van der Waals surface area contributed by atoms with Gasteiger partial charge in [-0.25, -0.2) is 0 Å². The van der Waals surface area contributed by atoms with E-state index in [4.69, 9.17) is 9.84 Å². The molecule has 0 saturated carbocycles. The summed E-state index contributed by atoms with van der Waals surface area (Å²) in [6.07, 6.45) is 4.11. The Kier molecular flexibility index (Phi) is 7.92. The first kappa shape index (κ1) is 23.3. The van der Waals surface area contributed by atoms with Crippen LogP contribution in [0.1, 0.15) is 63.5 Å². The molecule has 0 aromatic heterocycles. The van der Waals surface area contributed by atoms with E-state index in [-0.39, 0.29) is 35.0 Å². The van der Waals surface area contributed by atoms with E-state index in [9.17, 15) is 24.9 Å². The van der Waals surface area contributed by atoms with Crippen LogP contribution in [-0.2, 0) is 16.0 Å². The summed E-state index contributed by atoms with van der Waals surface area (Å²) in [5.74, 6) is -2.29. The molecule has 0 spiro atoms. The van der Waals surface area contributed by atoms with Crippen LogP contribution in [0.25, 0.3) is 10.8 Å². The molecule has 0 aliphatic carbocycles. The van der Waals surface area contributed by atoms with E-state index in [0.717, 1.165) is 12.8 Å². The number of carbonyl (C=O) groups excluding carboxylic acids is 1. The van der Waals surface area contributed by atoms with E-state index in [1.165, 1.54) is 12.1 Å². The first-order chi connectivity index (χ1) is 14.2. The second-order valence-electron chi connectivity index (χ2n) is 7.67. The molecule has 1 atom stereocenters. The smallest absolute Gasteiger partial charge is 0.314 e. The molecule has 7 nitrogen and oxygen atoms in total. The van der Waals surface area contributed by atoms with Crippen molar-refractivity contribution in [1.82, 2.24) is 0 Å². The van der Waals surface area contributed by atoms with E-state index in [2.05, 4.69) is 0 Å². The number of benzene rings is 2. The highest BCUT2D eigenvalue weighted by Crippen LogP contribution is 2.47. The van der Waals surface area contributed by atoms with Crippen LogP contribution in [-0.4, -0.2) is 32.4 Å². The molecule has 2 rings (SSSR count). The van der Waals surface area contributed by atoms with Crippen LogP contribution in [0.2, 0.25) is 0 Å². The van der Waals surface area contributed by atoms with Crippen LogP contribution in [0.15, 0.2) is 12.1 Å². The minimum Gasteiger partial charge on any atom is -0.507 e. The molecule has 30 heavy (non-hydrogen) atoms. The molecule has 2 aromatic carbocycles. The number of hydrogen-bond donors (Lipinski definition) is 4. The first-order valence-corrected chi connectivity index (χ1v) is 10.3. The van der Waals surface area contributed by atoms with Crippen molar-refractivity contribution in [2.75, 3.05) is 0 Å². The summed E-state index contributed by atoms with van der Waals surface area (Å²) in [5.41, 5.74) is 1.14. The highest BCUT2D eigenvalue weighted by Gasteiger charge is 2.23. The van der Waals surface area contributed by atoms with E-state index < -0.39 is 17.7 Å². The zero-order chi connectivity index (χ0) is 22.4. The fraction of sp³-hybridized carbons (Fsp3) is 0.478. The molecule has 0 bridgehead atoms. The molecular weight excluding hydrogens is 388 g/mol. The van der Waals surface area contributed by atoms with Gasteiger partial charge in [0.2, 0.25) is 0 Å². The lowest BCUT2D eigenvalue weighted by atomic mass is 9.92. The number of rotatable bonds is 10. The van der Waals surface area contributed by atoms with Crippen LogP contribution in [0, 0.1) is 12.8 Å². The Hall–Kier alpha value is -2.96. The van der Waals surface area contributed by atoms with Crippen molar-refractivity contribution >= 4 is 22.7 Å². The third-order valence-corrected chi connectivity index (χ3v) is 5.51. The van der Waals surface area contributed by atoms with Crippen LogP contribution in [0.4, 0.5) is 0 Å². The van der Waals surface area contributed by atoms with E-state index in [0.29, 0.717) is 42.2 Å². The van der Waals surface area contributed by atoms with Gasteiger partial charge in [-0.05, 0) is 55.9 Å². The van der Waals surface area contributed by atoms with Gasteiger partial charge in [-0.3, -0.25) is 9.59 Å². The number of carboxylic acids is 1. The molecule has 0 fully saturated rings. The van der Waals surface area contributed by atoms with Gasteiger partial charge in [-0.2, -0.15) is 0 Å². The number of phenols is 3. The standard InChI is InChI=1S/C23H30O7/c1-4-13(2)23(29)30-17-12-11-16(24)20-19(17)15(14(3)21(27)22(20)28)9-7-5-6-8-10-18(25)26/h11-13,24,27-28H,4-10H2,1-3H3,(H,25,26)/t13-/m0/s1. The third kappa shape index (κ3) is 5.14. The Morgan fingerprint density at radius 3 is 2.30 bits per heavy atom. The van der Waals surface area contributed by atoms with Gasteiger partial charge in [-0.15, -0.1) is 0 Å². The molecule has 0 heterocycles. The summed E-state index contributed by atoms with van der Waals surface area (Å²) in [6.45, 7) is 5.31. The predicted molar refractivity (Wildman–Crippen MR) is 113 cm³/mol. The molecule has 0 aliphatic rings. The van der Waals surface area contributed by atoms with Gasteiger partial charge in [0.15, 0.2) is 11.5 Å². The Bertz CT molecular complexity index is 933. The highest BCUT2D eigenvalue weighted by atomic mass is 16.5. The summed E-state index contributed by atoms with van der Waals surface area (Å²) in [6, 6.07) is 2.82. The van der Waals surface area contributed by atoms with Crippen molar-refractivity contribution in [3.05, 3.63) is 23.3 Å². The zero-order valence-corrected chi connectivity index (χ0v) is 17.7. The summed E-state index contributed by atoms with van der Waals surface area (Å²) < 4.78 is 5.59. The number of phenolic OH excluding ortho intramolecular Hbond substituents is 3. The Balaban J connectivity index is 2.42. The number of hydrogen-bond acceptors (Lipinski definition) is 6. The first-order valence-electron chi connectivity index (χ1n) is 10.3. The number of unbranched alkanes of at least 4 members (excludes halogenated alkanes) is 3. The summed E-state index contributed by atoms with van der Waals surface area (Å²) in [4.78, 5) is 23.0. The molecule has 7 heteroatoms. The van der Waals surface area contributed by atoms with Crippen LogP contribution >= 0.6 is 0 Å². The SMILES string of the molecule is CC[C@H](C)C(=O)Oc1ccc(O)c2c(O)c(O)c(C)c(CCCCCCC(=O)O)c12. The molecule has 0 aliphatic heterocycles. The number of aliphatic carboxylic acids is 1. The number of aromatic hydroxyl groups is 3. The lowest BCUT2D eigenvalue weighted by Gasteiger charge is -2.19. The van der Waals surface area contributed by atoms with Crippen molar-refractivity contribution in [3.63, 3.8) is 0 Å². The molecule has 0 unspecified atom stereocenters. The fourth-order valence-corrected chi connectivity index (χ4v) is 3.44. The monoisotopic (exact) mass is 418 g/mol. The van der Waals surface area contributed by atoms with Crippen molar-refractivity contribution in [1.29, 1.82) is 0 Å². The van der Waals surface area contributed by atoms with Gasteiger partial charge in [-0.1, -0.05) is 26.7 Å². The van der Waals surface area contributed by atoms with Crippen molar-refractivity contribution in [2.45, 2.75) is 65.7 Å². The van der Waals surface area contributed by atoms with Gasteiger partial charge in [0.05, 0.1) is 11.3 Å². The number of carbonyl (C=O) groups is 2. The molecule has 0 amide bonds. The lowest BCUT2D eigenvalue weighted by Crippen LogP contribution is -2.17. The number of aryl methyl sites for hydroxylation is 1. The second kappa shape index (κ2) is 10.2. The molecule has 4 N–H and O–H groups in total. The largest absolute Gasteiger partial charge is 0.507 e.